The Balaban J connectivity index is 1.69. The molecule has 7 heteroatoms. The molecular formula is C22H18N2O3S2. The van der Waals surface area contributed by atoms with Crippen LogP contribution >= 0.6 is 11.8 Å². The lowest BCUT2D eigenvalue weighted by atomic mass is 10.2. The third-order valence-electron chi connectivity index (χ3n) is 4.44. The molecule has 0 saturated carbocycles. The van der Waals surface area contributed by atoms with Crippen LogP contribution in [0.5, 0.6) is 0 Å². The molecule has 4 rings (SSSR count). The fraction of sp³-hybridized carbons (Fsp3) is 0.0909. The van der Waals surface area contributed by atoms with E-state index in [9.17, 15) is 13.2 Å². The summed E-state index contributed by atoms with van der Waals surface area (Å²) in [5, 5.41) is 1.00. The van der Waals surface area contributed by atoms with Gasteiger partial charge < -0.3 is 0 Å². The van der Waals surface area contributed by atoms with Crippen molar-refractivity contribution in [1.82, 2.24) is 9.55 Å². The first-order valence-corrected chi connectivity index (χ1v) is 11.7. The molecule has 0 atom stereocenters. The van der Waals surface area contributed by atoms with Crippen LogP contribution in [0.2, 0.25) is 0 Å². The molecule has 4 aromatic rings. The number of sulfone groups is 1. The Morgan fingerprint density at radius 2 is 1.45 bits per heavy atom. The van der Waals surface area contributed by atoms with Crippen molar-refractivity contribution in [2.24, 2.45) is 0 Å². The highest BCUT2D eigenvalue weighted by molar-refractivity contribution is 8.00. The normalized spacial score (nSPS) is 11.6. The molecule has 1 aromatic heterocycles. The number of aromatic nitrogens is 2. The van der Waals surface area contributed by atoms with Gasteiger partial charge in [0, 0.05) is 5.75 Å². The molecule has 0 spiro atoms. The molecule has 0 amide bonds. The van der Waals surface area contributed by atoms with Crippen LogP contribution in [0.1, 0.15) is 0 Å². The molecule has 0 fully saturated rings. The quantitative estimate of drug-likeness (QED) is 0.348. The highest BCUT2D eigenvalue weighted by Gasteiger charge is 2.17. The van der Waals surface area contributed by atoms with E-state index < -0.39 is 9.84 Å². The third kappa shape index (κ3) is 4.11. The zero-order valence-electron chi connectivity index (χ0n) is 15.4. The van der Waals surface area contributed by atoms with Crippen LogP contribution in [0, 0.1) is 0 Å². The SMILES string of the molecule is O=c1c2ccccc2nc(SCCS(=O)(=O)c2ccccc2)n1-c1ccccc1. The van der Waals surface area contributed by atoms with Gasteiger partial charge in [-0.3, -0.25) is 9.36 Å². The van der Waals surface area contributed by atoms with Crippen molar-refractivity contribution >= 4 is 32.5 Å². The molecule has 0 bridgehead atoms. The van der Waals surface area contributed by atoms with Crippen LogP contribution in [0.15, 0.2) is 99.8 Å². The van der Waals surface area contributed by atoms with Gasteiger partial charge in [-0.25, -0.2) is 13.4 Å². The smallest absolute Gasteiger partial charge is 0.266 e. The van der Waals surface area contributed by atoms with Gasteiger partial charge in [-0.1, -0.05) is 60.3 Å². The summed E-state index contributed by atoms with van der Waals surface area (Å²) >= 11 is 1.27. The molecule has 0 aliphatic carbocycles. The van der Waals surface area contributed by atoms with Crippen LogP contribution in [0.25, 0.3) is 16.6 Å². The van der Waals surface area contributed by atoms with Crippen LogP contribution < -0.4 is 5.56 Å². The Hall–Kier alpha value is -2.90. The molecule has 5 nitrogen and oxygen atoms in total. The minimum atomic E-state index is -3.40. The van der Waals surface area contributed by atoms with E-state index in [1.165, 1.54) is 11.8 Å². The summed E-state index contributed by atoms with van der Waals surface area (Å²) in [6.45, 7) is 0. The third-order valence-corrected chi connectivity index (χ3v) is 7.38. The summed E-state index contributed by atoms with van der Waals surface area (Å²) in [7, 11) is -3.40. The maximum absolute atomic E-state index is 13.1. The van der Waals surface area contributed by atoms with Crippen molar-refractivity contribution in [1.29, 1.82) is 0 Å². The molecule has 0 saturated heterocycles. The zero-order chi connectivity index (χ0) is 20.3. The molecule has 0 N–H and O–H groups in total. The monoisotopic (exact) mass is 422 g/mol. The first-order valence-electron chi connectivity index (χ1n) is 9.04. The van der Waals surface area contributed by atoms with E-state index >= 15 is 0 Å². The molecule has 1 heterocycles. The minimum Gasteiger partial charge on any atom is -0.268 e. The molecule has 0 aliphatic heterocycles. The predicted molar refractivity (Wildman–Crippen MR) is 117 cm³/mol. The van der Waals surface area contributed by atoms with Gasteiger partial charge in [0.15, 0.2) is 15.0 Å². The molecule has 3 aromatic carbocycles. The first kappa shape index (κ1) is 19.4. The van der Waals surface area contributed by atoms with E-state index in [1.54, 1.807) is 53.1 Å². The number of benzene rings is 3. The number of hydrogen-bond acceptors (Lipinski definition) is 5. The Morgan fingerprint density at radius 1 is 0.828 bits per heavy atom. The van der Waals surface area contributed by atoms with Crippen LogP contribution in [-0.2, 0) is 9.84 Å². The van der Waals surface area contributed by atoms with E-state index in [-0.39, 0.29) is 17.1 Å². The Bertz CT molecular complexity index is 1300. The standard InChI is InChI=1S/C22H18N2O3S2/c25-21-19-13-7-8-14-20(19)23-22(24(21)17-9-3-1-4-10-17)28-15-16-29(26,27)18-11-5-2-6-12-18/h1-14H,15-16H2. The number of para-hydroxylation sites is 2. The molecule has 0 radical (unpaired) electrons. The fourth-order valence-corrected chi connectivity index (χ4v) is 5.68. The first-order chi connectivity index (χ1) is 14.1. The molecule has 0 aliphatic rings. The number of nitrogens with zero attached hydrogens (tertiary/aromatic N) is 2. The summed E-state index contributed by atoms with van der Waals surface area (Å²) in [5.41, 5.74) is 1.12. The topological polar surface area (TPSA) is 69.0 Å². The van der Waals surface area contributed by atoms with Gasteiger partial charge in [-0.15, -0.1) is 0 Å². The Kier molecular flexibility index (Phi) is 5.51. The largest absolute Gasteiger partial charge is 0.268 e. The Labute approximate surface area is 173 Å². The highest BCUT2D eigenvalue weighted by atomic mass is 32.2. The summed E-state index contributed by atoms with van der Waals surface area (Å²) in [6, 6.07) is 24.8. The minimum absolute atomic E-state index is 0.0425. The Morgan fingerprint density at radius 3 is 2.17 bits per heavy atom. The van der Waals surface area contributed by atoms with Crippen molar-refractivity contribution in [3.05, 3.63) is 95.3 Å². The number of hydrogen-bond donors (Lipinski definition) is 0. The van der Waals surface area contributed by atoms with Crippen molar-refractivity contribution in [3.63, 3.8) is 0 Å². The zero-order valence-corrected chi connectivity index (χ0v) is 17.1. The van der Waals surface area contributed by atoms with Gasteiger partial charge in [0.1, 0.15) is 0 Å². The lowest BCUT2D eigenvalue weighted by molar-refractivity contribution is 0.597. The molecule has 146 valence electrons. The van der Waals surface area contributed by atoms with Gasteiger partial charge in [-0.2, -0.15) is 0 Å². The van der Waals surface area contributed by atoms with Crippen LogP contribution in [0.4, 0.5) is 0 Å². The average molecular weight is 423 g/mol. The predicted octanol–water partition coefficient (Wildman–Crippen LogP) is 3.95. The van der Waals surface area contributed by atoms with Gasteiger partial charge in [0.2, 0.25) is 0 Å². The number of rotatable bonds is 6. The lowest BCUT2D eigenvalue weighted by Crippen LogP contribution is -2.22. The van der Waals surface area contributed by atoms with Gasteiger partial charge in [-0.05, 0) is 36.4 Å². The second-order valence-corrected chi connectivity index (χ2v) is 9.54. The summed E-state index contributed by atoms with van der Waals surface area (Å²) in [4.78, 5) is 18.1. The van der Waals surface area contributed by atoms with E-state index in [2.05, 4.69) is 4.98 Å². The second-order valence-electron chi connectivity index (χ2n) is 6.37. The van der Waals surface area contributed by atoms with E-state index in [4.69, 9.17) is 0 Å². The van der Waals surface area contributed by atoms with E-state index in [0.29, 0.717) is 26.6 Å². The van der Waals surface area contributed by atoms with E-state index in [1.807, 2.05) is 36.4 Å². The maximum Gasteiger partial charge on any atom is 0.266 e. The summed E-state index contributed by atoms with van der Waals surface area (Å²) in [5.74, 6) is 0.244. The van der Waals surface area contributed by atoms with Crippen molar-refractivity contribution in [2.45, 2.75) is 10.1 Å². The fourth-order valence-electron chi connectivity index (χ4n) is 3.00. The molecule has 29 heavy (non-hydrogen) atoms. The molecule has 0 unspecified atom stereocenters. The maximum atomic E-state index is 13.1. The molecular weight excluding hydrogens is 404 g/mol. The second kappa shape index (κ2) is 8.23. The summed E-state index contributed by atoms with van der Waals surface area (Å²) in [6.07, 6.45) is 0. The van der Waals surface area contributed by atoms with Gasteiger partial charge in [0.25, 0.3) is 5.56 Å². The van der Waals surface area contributed by atoms with Crippen molar-refractivity contribution in [3.8, 4) is 5.69 Å². The van der Waals surface area contributed by atoms with Crippen molar-refractivity contribution < 1.29 is 8.42 Å². The number of fused-ring (bicyclic) bond motifs is 1. The van der Waals surface area contributed by atoms with Gasteiger partial charge in [0.05, 0.1) is 27.2 Å². The van der Waals surface area contributed by atoms with Gasteiger partial charge >= 0.3 is 0 Å². The number of thioether (sulfide) groups is 1. The summed E-state index contributed by atoms with van der Waals surface area (Å²) < 4.78 is 26.7. The van der Waals surface area contributed by atoms with Crippen LogP contribution in [0.3, 0.4) is 0 Å². The van der Waals surface area contributed by atoms with Crippen LogP contribution in [-0.4, -0.2) is 29.5 Å². The highest BCUT2D eigenvalue weighted by Crippen LogP contribution is 2.22. The van der Waals surface area contributed by atoms with E-state index in [0.717, 1.165) is 0 Å². The average Bonchev–Trinajstić information content (AvgIpc) is 2.75. The van der Waals surface area contributed by atoms with Crippen molar-refractivity contribution in [2.75, 3.05) is 11.5 Å². The lowest BCUT2D eigenvalue weighted by Gasteiger charge is -2.13.